The molecule has 1 aromatic heterocycles. The molecule has 0 aliphatic heterocycles. The van der Waals surface area contributed by atoms with Crippen molar-refractivity contribution in [3.05, 3.63) is 52.2 Å². The minimum Gasteiger partial charge on any atom is -0.326 e. The highest BCUT2D eigenvalue weighted by Gasteiger charge is 2.21. The van der Waals surface area contributed by atoms with Gasteiger partial charge in [-0.3, -0.25) is 0 Å². The zero-order chi connectivity index (χ0) is 13.0. The Morgan fingerprint density at radius 3 is 2.44 bits per heavy atom. The first-order valence-corrected chi connectivity index (χ1v) is 7.94. The second-order valence-electron chi connectivity index (χ2n) is 4.37. The van der Waals surface area contributed by atoms with E-state index in [1.54, 1.807) is 0 Å². The Labute approximate surface area is 117 Å². The van der Waals surface area contributed by atoms with Crippen molar-refractivity contribution in [1.29, 1.82) is 0 Å². The molecule has 0 aliphatic carbocycles. The summed E-state index contributed by atoms with van der Waals surface area (Å²) in [5.41, 5.74) is 6.29. The summed E-state index contributed by atoms with van der Waals surface area (Å²) in [6.07, 6.45) is 1.00. The van der Waals surface area contributed by atoms with E-state index in [-0.39, 0.29) is 6.04 Å². The monoisotopic (exact) mass is 277 g/mol. The second-order valence-corrected chi connectivity index (χ2v) is 6.91. The van der Waals surface area contributed by atoms with Crippen LogP contribution in [0.1, 0.15) is 28.3 Å². The highest BCUT2D eigenvalue weighted by Crippen LogP contribution is 2.40. The molecule has 1 nitrogen and oxygen atoms in total. The summed E-state index contributed by atoms with van der Waals surface area (Å²) in [5.74, 6) is 0. The molecule has 2 atom stereocenters. The smallest absolute Gasteiger partial charge is 0.0589 e. The predicted octanol–water partition coefficient (Wildman–Crippen LogP) is 4.63. The fourth-order valence-electron chi connectivity index (χ4n) is 1.82. The molecule has 0 spiro atoms. The van der Waals surface area contributed by atoms with Crippen LogP contribution in [0.3, 0.4) is 0 Å². The summed E-state index contributed by atoms with van der Waals surface area (Å²) in [7, 11) is 0. The van der Waals surface area contributed by atoms with Gasteiger partial charge in [-0.2, -0.15) is 0 Å². The molecule has 0 bridgehead atoms. The van der Waals surface area contributed by atoms with Gasteiger partial charge in [-0.1, -0.05) is 25.1 Å². The normalized spacial score (nSPS) is 14.4. The van der Waals surface area contributed by atoms with Crippen molar-refractivity contribution >= 4 is 23.1 Å². The fourth-order valence-corrected chi connectivity index (χ4v) is 4.22. The van der Waals surface area contributed by atoms with Gasteiger partial charge in [-0.15, -0.1) is 23.1 Å². The van der Waals surface area contributed by atoms with Crippen LogP contribution in [0.4, 0.5) is 0 Å². The Hall–Kier alpha value is -0.770. The van der Waals surface area contributed by atoms with Crippen LogP contribution in [0.15, 0.2) is 47.4 Å². The molecule has 0 aliphatic rings. The van der Waals surface area contributed by atoms with Crippen molar-refractivity contribution in [2.24, 2.45) is 5.73 Å². The first-order valence-electron chi connectivity index (χ1n) is 6.24. The lowest BCUT2D eigenvalue weighted by molar-refractivity contribution is 0.640. The Morgan fingerprint density at radius 2 is 1.89 bits per heavy atom. The molecule has 2 unspecified atom stereocenters. The molecule has 2 N–H and O–H groups in total. The molecular formula is C15H19NS2. The predicted molar refractivity (Wildman–Crippen MR) is 82.4 cm³/mol. The Balaban J connectivity index is 2.21. The first-order chi connectivity index (χ1) is 8.70. The zero-order valence-electron chi connectivity index (χ0n) is 10.8. The summed E-state index contributed by atoms with van der Waals surface area (Å²) in [4.78, 5) is 4.03. The number of rotatable bonds is 5. The molecule has 2 aromatic rings. The van der Waals surface area contributed by atoms with Gasteiger partial charge in [0.05, 0.1) is 5.25 Å². The van der Waals surface area contributed by atoms with Gasteiger partial charge in [0.2, 0.25) is 0 Å². The van der Waals surface area contributed by atoms with E-state index in [4.69, 9.17) is 5.73 Å². The second kappa shape index (κ2) is 6.41. The topological polar surface area (TPSA) is 26.0 Å². The van der Waals surface area contributed by atoms with Crippen LogP contribution in [0.25, 0.3) is 0 Å². The summed E-state index contributed by atoms with van der Waals surface area (Å²) in [5, 5.41) is 0.358. The molecule has 3 heteroatoms. The van der Waals surface area contributed by atoms with E-state index < -0.39 is 0 Å². The summed E-state index contributed by atoms with van der Waals surface area (Å²) in [6, 6.07) is 15.1. The van der Waals surface area contributed by atoms with E-state index >= 15 is 0 Å². The minimum absolute atomic E-state index is 0.202. The average molecular weight is 277 g/mol. The van der Waals surface area contributed by atoms with Gasteiger partial charge in [0, 0.05) is 20.7 Å². The van der Waals surface area contributed by atoms with E-state index in [1.807, 2.05) is 29.2 Å². The first kappa shape index (κ1) is 13.7. The van der Waals surface area contributed by atoms with Crippen LogP contribution in [-0.2, 0) is 0 Å². The Morgan fingerprint density at radius 1 is 1.17 bits per heavy atom. The molecule has 96 valence electrons. The summed E-state index contributed by atoms with van der Waals surface area (Å²) < 4.78 is 0. The lowest BCUT2D eigenvalue weighted by Crippen LogP contribution is -2.25. The maximum absolute atomic E-state index is 6.29. The maximum atomic E-state index is 6.29. The molecule has 18 heavy (non-hydrogen) atoms. The quantitative estimate of drug-likeness (QED) is 0.807. The third kappa shape index (κ3) is 3.37. The third-order valence-electron chi connectivity index (χ3n) is 2.91. The van der Waals surface area contributed by atoms with Crippen LogP contribution in [0.5, 0.6) is 0 Å². The summed E-state index contributed by atoms with van der Waals surface area (Å²) in [6.45, 7) is 4.31. The van der Waals surface area contributed by atoms with Crippen molar-refractivity contribution in [3.8, 4) is 0 Å². The molecule has 1 heterocycles. The Bertz CT molecular complexity index is 478. The number of hydrogen-bond acceptors (Lipinski definition) is 3. The van der Waals surface area contributed by atoms with Crippen molar-refractivity contribution in [1.82, 2.24) is 0 Å². The van der Waals surface area contributed by atoms with Crippen molar-refractivity contribution in [2.75, 3.05) is 0 Å². The van der Waals surface area contributed by atoms with Crippen LogP contribution in [0, 0.1) is 6.92 Å². The number of benzene rings is 1. The number of hydrogen-bond donors (Lipinski definition) is 1. The van der Waals surface area contributed by atoms with Gasteiger partial charge in [0.1, 0.15) is 0 Å². The van der Waals surface area contributed by atoms with Crippen LogP contribution < -0.4 is 5.73 Å². The molecule has 0 amide bonds. The van der Waals surface area contributed by atoms with Crippen LogP contribution in [0.2, 0.25) is 0 Å². The standard InChI is InChI=1S/C15H19NS2/c1-3-13(16)15(14-10-9-11(2)17-14)18-12-7-5-4-6-8-12/h4-10,13,15H,3,16H2,1-2H3. The van der Waals surface area contributed by atoms with E-state index in [0.717, 1.165) is 6.42 Å². The van der Waals surface area contributed by atoms with Gasteiger partial charge < -0.3 is 5.73 Å². The molecule has 1 aromatic carbocycles. The van der Waals surface area contributed by atoms with Gasteiger partial charge in [-0.05, 0) is 37.6 Å². The lowest BCUT2D eigenvalue weighted by atomic mass is 10.1. The van der Waals surface area contributed by atoms with Gasteiger partial charge in [-0.25, -0.2) is 0 Å². The molecule has 0 saturated carbocycles. The number of thiophene rings is 1. The summed E-state index contributed by atoms with van der Waals surface area (Å²) >= 11 is 3.73. The van der Waals surface area contributed by atoms with E-state index in [0.29, 0.717) is 5.25 Å². The highest BCUT2D eigenvalue weighted by atomic mass is 32.2. The van der Waals surface area contributed by atoms with E-state index in [2.05, 4.69) is 50.2 Å². The van der Waals surface area contributed by atoms with Crippen molar-refractivity contribution in [2.45, 2.75) is 36.5 Å². The lowest BCUT2D eigenvalue weighted by Gasteiger charge is -2.21. The van der Waals surface area contributed by atoms with E-state index in [9.17, 15) is 0 Å². The van der Waals surface area contributed by atoms with Crippen LogP contribution >= 0.6 is 23.1 Å². The third-order valence-corrected chi connectivity index (χ3v) is 5.54. The molecular weight excluding hydrogens is 258 g/mol. The fraction of sp³-hybridized carbons (Fsp3) is 0.333. The SMILES string of the molecule is CCC(N)C(Sc1ccccc1)c1ccc(C)s1. The molecule has 0 saturated heterocycles. The van der Waals surface area contributed by atoms with Gasteiger partial charge in [0.25, 0.3) is 0 Å². The van der Waals surface area contributed by atoms with Crippen LogP contribution in [-0.4, -0.2) is 6.04 Å². The number of thioether (sulfide) groups is 1. The highest BCUT2D eigenvalue weighted by molar-refractivity contribution is 7.99. The number of nitrogens with two attached hydrogens (primary N) is 1. The Kier molecular flexibility index (Phi) is 4.87. The molecule has 0 radical (unpaired) electrons. The maximum Gasteiger partial charge on any atom is 0.0589 e. The van der Waals surface area contributed by atoms with Crippen molar-refractivity contribution < 1.29 is 0 Å². The number of aryl methyl sites for hydroxylation is 1. The van der Waals surface area contributed by atoms with Gasteiger partial charge in [0.15, 0.2) is 0 Å². The molecule has 2 rings (SSSR count). The van der Waals surface area contributed by atoms with Crippen molar-refractivity contribution in [3.63, 3.8) is 0 Å². The zero-order valence-corrected chi connectivity index (χ0v) is 12.4. The van der Waals surface area contributed by atoms with Gasteiger partial charge >= 0.3 is 0 Å². The van der Waals surface area contributed by atoms with E-state index in [1.165, 1.54) is 14.6 Å². The molecule has 0 fully saturated rings. The average Bonchev–Trinajstić information content (AvgIpc) is 2.83. The minimum atomic E-state index is 0.202. The largest absolute Gasteiger partial charge is 0.326 e.